The summed E-state index contributed by atoms with van der Waals surface area (Å²) < 4.78 is 59.2. The molecule has 1 aromatic carbocycles. The molecule has 0 amide bonds. The number of ether oxygens (including phenoxy) is 3. The zero-order valence-electron chi connectivity index (χ0n) is 26.5. The number of hydrogen-bond acceptors (Lipinski definition) is 11. The molecule has 1 N–H and O–H groups in total. The van der Waals surface area contributed by atoms with Crippen molar-refractivity contribution in [1.82, 2.24) is 44.9 Å². The molecule has 1 atom stereocenters. The first kappa shape index (κ1) is 32.5. The third-order valence-electron chi connectivity index (χ3n) is 9.49. The molecule has 3 aromatic heterocycles. The van der Waals surface area contributed by atoms with Gasteiger partial charge in [-0.05, 0) is 73.1 Å². The van der Waals surface area contributed by atoms with Crippen LogP contribution < -0.4 is 14.8 Å². The Morgan fingerprint density at radius 3 is 2.56 bits per heavy atom. The molecule has 2 saturated heterocycles. The lowest BCUT2D eigenvalue weighted by Gasteiger charge is -2.64. The van der Waals surface area contributed by atoms with Crippen LogP contribution in [0.3, 0.4) is 0 Å². The van der Waals surface area contributed by atoms with Gasteiger partial charge >= 0.3 is 6.18 Å². The maximum Gasteiger partial charge on any atom is 0.422 e. The minimum atomic E-state index is -4.51. The van der Waals surface area contributed by atoms with E-state index in [4.69, 9.17) is 25.8 Å². The second kappa shape index (κ2) is 12.8. The molecule has 13 nitrogen and oxygen atoms in total. The molecule has 3 fully saturated rings. The van der Waals surface area contributed by atoms with E-state index in [-0.39, 0.29) is 40.6 Å². The number of benzene rings is 1. The zero-order chi connectivity index (χ0) is 33.5. The maximum atomic E-state index is 13.1. The van der Waals surface area contributed by atoms with Crippen LogP contribution >= 0.6 is 11.6 Å². The number of nitrogens with one attached hydrogen (secondary N) is 1. The van der Waals surface area contributed by atoms with Gasteiger partial charge in [0.25, 0.3) is 5.88 Å². The van der Waals surface area contributed by atoms with Gasteiger partial charge in [0.1, 0.15) is 23.9 Å². The van der Waals surface area contributed by atoms with Crippen molar-refractivity contribution >= 4 is 23.2 Å². The lowest BCUT2D eigenvalue weighted by Crippen LogP contribution is -2.69. The average Bonchev–Trinajstić information content (AvgIpc) is 3.66. The van der Waals surface area contributed by atoms with Gasteiger partial charge in [0.05, 0.1) is 23.8 Å². The maximum absolute atomic E-state index is 13.1. The second-order valence-electron chi connectivity index (χ2n) is 13.3. The van der Waals surface area contributed by atoms with Crippen LogP contribution in [-0.4, -0.2) is 95.6 Å². The first-order valence-electron chi connectivity index (χ1n) is 15.8. The number of hydrogen-bond donors (Lipinski definition) is 1. The van der Waals surface area contributed by atoms with Crippen LogP contribution in [0, 0.1) is 5.41 Å². The summed E-state index contributed by atoms with van der Waals surface area (Å²) in [6.45, 7) is 6.78. The second-order valence-corrected chi connectivity index (χ2v) is 13.7. The summed E-state index contributed by atoms with van der Waals surface area (Å²) in [4.78, 5) is 11.4. The number of tetrazole rings is 1. The quantitative estimate of drug-likeness (QED) is 0.219. The Morgan fingerprint density at radius 2 is 1.88 bits per heavy atom. The fourth-order valence-electron chi connectivity index (χ4n) is 6.78. The predicted molar refractivity (Wildman–Crippen MR) is 168 cm³/mol. The Labute approximate surface area is 279 Å². The van der Waals surface area contributed by atoms with Crippen molar-refractivity contribution in [2.45, 2.75) is 69.9 Å². The molecule has 7 rings (SSSR count). The molecule has 17 heteroatoms. The van der Waals surface area contributed by atoms with Gasteiger partial charge in [-0.15, -0.1) is 10.2 Å². The van der Waals surface area contributed by atoms with Gasteiger partial charge in [-0.25, -0.2) is 14.6 Å². The van der Waals surface area contributed by atoms with Crippen molar-refractivity contribution in [3.8, 4) is 22.8 Å². The smallest absolute Gasteiger partial charge is 0.422 e. The highest BCUT2D eigenvalue weighted by Gasteiger charge is 2.56. The number of rotatable bonds is 11. The van der Waals surface area contributed by atoms with Crippen molar-refractivity contribution in [3.05, 3.63) is 48.1 Å². The van der Waals surface area contributed by atoms with E-state index in [0.29, 0.717) is 22.9 Å². The monoisotopic (exact) mass is 688 g/mol. The number of anilines is 2. The summed E-state index contributed by atoms with van der Waals surface area (Å²) in [7, 11) is 0. The van der Waals surface area contributed by atoms with Crippen LogP contribution in [0.4, 0.5) is 24.8 Å². The topological polar surface area (TPSA) is 130 Å². The minimum absolute atomic E-state index is 0.0682. The van der Waals surface area contributed by atoms with Crippen LogP contribution in [0.1, 0.15) is 45.6 Å². The number of alkyl halides is 3. The van der Waals surface area contributed by atoms with Crippen molar-refractivity contribution in [2.75, 3.05) is 38.2 Å². The summed E-state index contributed by atoms with van der Waals surface area (Å²) in [5, 5.41) is 19.0. The molecule has 0 unspecified atom stereocenters. The Bertz CT molecular complexity index is 1700. The van der Waals surface area contributed by atoms with E-state index in [0.717, 1.165) is 57.6 Å². The van der Waals surface area contributed by atoms with E-state index < -0.39 is 12.8 Å². The molecule has 0 bridgehead atoms. The van der Waals surface area contributed by atoms with E-state index in [1.807, 2.05) is 13.0 Å². The number of nitrogens with zero attached hydrogens (tertiary/aromatic N) is 9. The Morgan fingerprint density at radius 1 is 1.12 bits per heavy atom. The molecule has 4 aromatic rings. The molecular formula is C31H36ClF3N10O3. The first-order chi connectivity index (χ1) is 23.0. The van der Waals surface area contributed by atoms with Gasteiger partial charge in [-0.2, -0.15) is 13.2 Å². The molecule has 3 aliphatic rings. The van der Waals surface area contributed by atoms with Crippen LogP contribution in [0.2, 0.25) is 5.02 Å². The van der Waals surface area contributed by atoms with E-state index in [1.165, 1.54) is 6.33 Å². The van der Waals surface area contributed by atoms with Crippen molar-refractivity contribution in [1.29, 1.82) is 0 Å². The van der Waals surface area contributed by atoms with E-state index in [1.54, 1.807) is 40.1 Å². The van der Waals surface area contributed by atoms with Crippen molar-refractivity contribution in [2.24, 2.45) is 5.41 Å². The van der Waals surface area contributed by atoms with Crippen LogP contribution in [0.5, 0.6) is 11.6 Å². The summed E-state index contributed by atoms with van der Waals surface area (Å²) in [5.41, 5.74) is 2.10. The highest BCUT2D eigenvalue weighted by atomic mass is 35.5. The van der Waals surface area contributed by atoms with Gasteiger partial charge in [-0.3, -0.25) is 9.58 Å². The highest BCUT2D eigenvalue weighted by Crippen LogP contribution is 2.56. The highest BCUT2D eigenvalue weighted by molar-refractivity contribution is 6.32. The summed E-state index contributed by atoms with van der Waals surface area (Å²) in [6.07, 6.45) is 5.47. The minimum Gasteiger partial charge on any atom is -0.487 e. The molecular weight excluding hydrogens is 653 g/mol. The van der Waals surface area contributed by atoms with Crippen LogP contribution in [0.25, 0.3) is 11.1 Å². The molecule has 1 spiro atoms. The Balaban J connectivity index is 1.01. The molecule has 2 aliphatic heterocycles. The summed E-state index contributed by atoms with van der Waals surface area (Å²) in [5.74, 6) is 0.502. The zero-order valence-corrected chi connectivity index (χ0v) is 27.3. The van der Waals surface area contributed by atoms with Crippen molar-refractivity contribution in [3.63, 3.8) is 0 Å². The van der Waals surface area contributed by atoms with Gasteiger partial charge in [-0.1, -0.05) is 17.7 Å². The van der Waals surface area contributed by atoms with Crippen LogP contribution in [-0.2, 0) is 11.3 Å². The summed E-state index contributed by atoms with van der Waals surface area (Å²) >= 11 is 6.39. The normalized spacial score (nSPS) is 19.8. The SMILES string of the molecule is C[C@@H](Cn1cnnn1)Oc1cc(-c2cnc(Nc3cn(C4CC5(C4)CN(C4(C)CCOCC4)C5)nc3OCC(F)(F)F)nc2)ccc1Cl. The molecule has 0 radical (unpaired) electrons. The Kier molecular flexibility index (Phi) is 8.66. The number of aromatic nitrogens is 8. The third kappa shape index (κ3) is 7.05. The Hall–Kier alpha value is -4.02. The average molecular weight is 689 g/mol. The number of halogens is 4. The van der Waals surface area contributed by atoms with Gasteiger partial charge < -0.3 is 19.5 Å². The van der Waals surface area contributed by atoms with Gasteiger partial charge in [0.2, 0.25) is 5.95 Å². The largest absolute Gasteiger partial charge is 0.487 e. The lowest BCUT2D eigenvalue weighted by molar-refractivity contribution is -0.157. The van der Waals surface area contributed by atoms with Crippen molar-refractivity contribution < 1.29 is 27.4 Å². The standard InChI is InChI=1S/C31H36ClF3N10O3/c1-20(14-44-19-38-41-42-44)48-26-9-21(3-4-24(26)32)22-12-36-28(37-13-22)39-25-15-45(40-27(25)47-18-31(33,34)35)23-10-30(11-23)16-43(17-30)29(2)5-7-46-8-6-29/h3-4,9,12-13,15,19-20,23H,5-8,10-11,14,16-18H2,1-2H3,(H,36,37,39)/t20-/m0/s1. The molecule has 256 valence electrons. The fraction of sp³-hybridized carbons (Fsp3) is 0.548. The van der Waals surface area contributed by atoms with E-state index in [9.17, 15) is 13.2 Å². The number of likely N-dealkylation sites (tertiary alicyclic amines) is 1. The predicted octanol–water partition coefficient (Wildman–Crippen LogP) is 5.34. The molecule has 1 aliphatic carbocycles. The third-order valence-corrected chi connectivity index (χ3v) is 9.81. The molecule has 48 heavy (non-hydrogen) atoms. The fourth-order valence-corrected chi connectivity index (χ4v) is 6.94. The van der Waals surface area contributed by atoms with Gasteiger partial charge in [0.15, 0.2) is 6.61 Å². The van der Waals surface area contributed by atoms with E-state index in [2.05, 4.69) is 47.7 Å². The molecule has 5 heterocycles. The van der Waals surface area contributed by atoms with Crippen LogP contribution in [0.15, 0.2) is 43.1 Å². The molecule has 1 saturated carbocycles. The van der Waals surface area contributed by atoms with E-state index >= 15 is 0 Å². The van der Waals surface area contributed by atoms with Gasteiger partial charge in [0, 0.05) is 49.8 Å². The lowest BCUT2D eigenvalue weighted by atomic mass is 9.59. The first-order valence-corrected chi connectivity index (χ1v) is 16.2. The summed E-state index contributed by atoms with van der Waals surface area (Å²) in [6, 6.07) is 5.39.